The van der Waals surface area contributed by atoms with E-state index >= 15 is 0 Å². The summed E-state index contributed by atoms with van der Waals surface area (Å²) in [5.41, 5.74) is 1.83. The molecular formula is C14H22N4O. The number of likely N-dealkylation sites (tertiary alicyclic amines) is 1. The molecule has 2 heterocycles. The Kier molecular flexibility index (Phi) is 4.04. The zero-order valence-corrected chi connectivity index (χ0v) is 11.9. The van der Waals surface area contributed by atoms with Crippen LogP contribution in [0.3, 0.4) is 0 Å². The van der Waals surface area contributed by atoms with Gasteiger partial charge >= 0.3 is 0 Å². The summed E-state index contributed by atoms with van der Waals surface area (Å²) < 4.78 is 0. The second kappa shape index (κ2) is 5.57. The summed E-state index contributed by atoms with van der Waals surface area (Å²) in [5.74, 6) is 0.131. The van der Waals surface area contributed by atoms with Crippen molar-refractivity contribution >= 4 is 11.6 Å². The SMILES string of the molecule is CNC(=O)C1(C)CCN(Cc2cc(NC)ccn2)C1. The first-order valence-electron chi connectivity index (χ1n) is 6.64. The van der Waals surface area contributed by atoms with Crippen molar-refractivity contribution < 1.29 is 4.79 Å². The van der Waals surface area contributed by atoms with E-state index in [0.717, 1.165) is 37.4 Å². The highest BCUT2D eigenvalue weighted by atomic mass is 16.2. The quantitative estimate of drug-likeness (QED) is 0.852. The van der Waals surface area contributed by atoms with Gasteiger partial charge in [-0.15, -0.1) is 0 Å². The summed E-state index contributed by atoms with van der Waals surface area (Å²) in [6.07, 6.45) is 2.72. The van der Waals surface area contributed by atoms with E-state index in [0.29, 0.717) is 0 Å². The Bertz CT molecular complexity index is 463. The van der Waals surface area contributed by atoms with Crippen LogP contribution in [0.4, 0.5) is 5.69 Å². The van der Waals surface area contributed by atoms with Crippen molar-refractivity contribution in [3.63, 3.8) is 0 Å². The first kappa shape index (κ1) is 13.8. The first-order valence-corrected chi connectivity index (χ1v) is 6.64. The highest BCUT2D eigenvalue weighted by Crippen LogP contribution is 2.30. The van der Waals surface area contributed by atoms with E-state index in [1.807, 2.05) is 26.2 Å². The molecule has 0 aliphatic carbocycles. The summed E-state index contributed by atoms with van der Waals surface area (Å²) in [5, 5.41) is 5.87. The van der Waals surface area contributed by atoms with Crippen LogP contribution < -0.4 is 10.6 Å². The number of nitrogens with one attached hydrogen (secondary N) is 2. The summed E-state index contributed by atoms with van der Waals surface area (Å²) in [4.78, 5) is 18.5. The minimum Gasteiger partial charge on any atom is -0.388 e. The van der Waals surface area contributed by atoms with Crippen LogP contribution in [0.25, 0.3) is 0 Å². The van der Waals surface area contributed by atoms with E-state index in [4.69, 9.17) is 0 Å². The van der Waals surface area contributed by atoms with E-state index in [1.54, 1.807) is 7.05 Å². The van der Waals surface area contributed by atoms with Gasteiger partial charge in [0.15, 0.2) is 0 Å². The monoisotopic (exact) mass is 262 g/mol. The molecule has 2 N–H and O–H groups in total. The molecular weight excluding hydrogens is 240 g/mol. The number of amides is 1. The minimum absolute atomic E-state index is 0.131. The van der Waals surface area contributed by atoms with Gasteiger partial charge in [-0.3, -0.25) is 14.7 Å². The first-order chi connectivity index (χ1) is 9.07. The van der Waals surface area contributed by atoms with Crippen LogP contribution in [-0.4, -0.2) is 43.0 Å². The van der Waals surface area contributed by atoms with Crippen molar-refractivity contribution in [2.75, 3.05) is 32.5 Å². The standard InChI is InChI=1S/C14H22N4O/c1-14(13(19)16-3)5-7-18(10-14)9-12-8-11(15-2)4-6-17-12/h4,6,8H,5,7,9-10H2,1-3H3,(H,15,17)(H,16,19). The second-order valence-electron chi connectivity index (χ2n) is 5.39. The lowest BCUT2D eigenvalue weighted by Gasteiger charge is -2.22. The number of hydrogen-bond acceptors (Lipinski definition) is 4. The molecule has 104 valence electrons. The zero-order chi connectivity index (χ0) is 13.9. The van der Waals surface area contributed by atoms with Gasteiger partial charge in [-0.05, 0) is 32.0 Å². The van der Waals surface area contributed by atoms with Gasteiger partial charge in [0.1, 0.15) is 0 Å². The topological polar surface area (TPSA) is 57.3 Å². The van der Waals surface area contributed by atoms with Crippen molar-refractivity contribution in [1.29, 1.82) is 0 Å². The van der Waals surface area contributed by atoms with Crippen molar-refractivity contribution in [1.82, 2.24) is 15.2 Å². The van der Waals surface area contributed by atoms with Gasteiger partial charge in [0.2, 0.25) is 5.91 Å². The predicted molar refractivity (Wildman–Crippen MR) is 75.9 cm³/mol. The van der Waals surface area contributed by atoms with Gasteiger partial charge in [-0.1, -0.05) is 0 Å². The van der Waals surface area contributed by atoms with Crippen LogP contribution in [0.15, 0.2) is 18.3 Å². The van der Waals surface area contributed by atoms with Crippen LogP contribution in [0, 0.1) is 5.41 Å². The zero-order valence-electron chi connectivity index (χ0n) is 11.9. The lowest BCUT2D eigenvalue weighted by molar-refractivity contribution is -0.129. The van der Waals surface area contributed by atoms with E-state index in [-0.39, 0.29) is 11.3 Å². The minimum atomic E-state index is -0.268. The van der Waals surface area contributed by atoms with Crippen molar-refractivity contribution in [2.24, 2.45) is 5.41 Å². The smallest absolute Gasteiger partial charge is 0.227 e. The van der Waals surface area contributed by atoms with Gasteiger partial charge in [0.25, 0.3) is 0 Å². The van der Waals surface area contributed by atoms with Crippen molar-refractivity contribution in [3.05, 3.63) is 24.0 Å². The summed E-state index contributed by atoms with van der Waals surface area (Å²) >= 11 is 0. The maximum absolute atomic E-state index is 11.9. The fourth-order valence-corrected chi connectivity index (χ4v) is 2.63. The molecule has 2 rings (SSSR count). The Labute approximate surface area is 114 Å². The number of hydrogen-bond donors (Lipinski definition) is 2. The number of nitrogens with zero attached hydrogens (tertiary/aromatic N) is 2. The largest absolute Gasteiger partial charge is 0.388 e. The number of rotatable bonds is 4. The average molecular weight is 262 g/mol. The van der Waals surface area contributed by atoms with Gasteiger partial charge in [0, 0.05) is 39.1 Å². The fraction of sp³-hybridized carbons (Fsp3) is 0.571. The number of aromatic nitrogens is 1. The second-order valence-corrected chi connectivity index (χ2v) is 5.39. The summed E-state index contributed by atoms with van der Waals surface area (Å²) in [6.45, 7) is 4.55. The Balaban J connectivity index is 2.00. The van der Waals surface area contributed by atoms with E-state index in [2.05, 4.69) is 26.6 Å². The van der Waals surface area contributed by atoms with Gasteiger partial charge in [0.05, 0.1) is 11.1 Å². The molecule has 0 radical (unpaired) electrons. The van der Waals surface area contributed by atoms with Crippen molar-refractivity contribution in [3.8, 4) is 0 Å². The third-order valence-corrected chi connectivity index (χ3v) is 3.82. The molecule has 1 fully saturated rings. The molecule has 1 aliphatic heterocycles. The van der Waals surface area contributed by atoms with E-state index in [1.165, 1.54) is 0 Å². The van der Waals surface area contributed by atoms with Crippen LogP contribution >= 0.6 is 0 Å². The van der Waals surface area contributed by atoms with Crippen LogP contribution in [-0.2, 0) is 11.3 Å². The molecule has 0 saturated carbocycles. The third kappa shape index (κ3) is 3.04. The highest BCUT2D eigenvalue weighted by Gasteiger charge is 2.39. The highest BCUT2D eigenvalue weighted by molar-refractivity contribution is 5.82. The number of carbonyl (C=O) groups excluding carboxylic acids is 1. The number of carbonyl (C=O) groups is 1. The molecule has 1 atom stereocenters. The molecule has 1 unspecified atom stereocenters. The van der Waals surface area contributed by atoms with Crippen molar-refractivity contribution in [2.45, 2.75) is 19.9 Å². The molecule has 1 amide bonds. The molecule has 19 heavy (non-hydrogen) atoms. The number of pyridine rings is 1. The normalized spacial score (nSPS) is 23.3. The Morgan fingerprint density at radius 2 is 2.32 bits per heavy atom. The molecule has 1 saturated heterocycles. The molecule has 5 heteroatoms. The van der Waals surface area contributed by atoms with Gasteiger partial charge < -0.3 is 10.6 Å². The molecule has 1 aromatic heterocycles. The summed E-state index contributed by atoms with van der Waals surface area (Å²) in [7, 11) is 3.60. The maximum atomic E-state index is 11.9. The Morgan fingerprint density at radius 3 is 3.00 bits per heavy atom. The van der Waals surface area contributed by atoms with Crippen LogP contribution in [0.2, 0.25) is 0 Å². The van der Waals surface area contributed by atoms with Crippen LogP contribution in [0.5, 0.6) is 0 Å². The summed E-state index contributed by atoms with van der Waals surface area (Å²) in [6, 6.07) is 4.00. The molecule has 1 aromatic rings. The number of anilines is 1. The van der Waals surface area contributed by atoms with Gasteiger partial charge in [-0.25, -0.2) is 0 Å². The maximum Gasteiger partial charge on any atom is 0.227 e. The third-order valence-electron chi connectivity index (χ3n) is 3.82. The Hall–Kier alpha value is -1.62. The molecule has 0 bridgehead atoms. The van der Waals surface area contributed by atoms with Crippen LogP contribution in [0.1, 0.15) is 19.0 Å². The van der Waals surface area contributed by atoms with E-state index < -0.39 is 0 Å². The molecule has 5 nitrogen and oxygen atoms in total. The lowest BCUT2D eigenvalue weighted by atomic mass is 9.89. The van der Waals surface area contributed by atoms with E-state index in [9.17, 15) is 4.79 Å². The molecule has 1 aliphatic rings. The average Bonchev–Trinajstić information content (AvgIpc) is 2.80. The van der Waals surface area contributed by atoms with Gasteiger partial charge in [-0.2, -0.15) is 0 Å². The predicted octanol–water partition coefficient (Wildman–Crippen LogP) is 1.08. The lowest BCUT2D eigenvalue weighted by Crippen LogP contribution is -2.39. The molecule has 0 spiro atoms. The molecule has 0 aromatic carbocycles. The fourth-order valence-electron chi connectivity index (χ4n) is 2.63. The Morgan fingerprint density at radius 1 is 1.53 bits per heavy atom.